The Labute approximate surface area is 65.7 Å². The first kappa shape index (κ1) is 8.46. The molecule has 0 aliphatic carbocycles. The van der Waals surface area contributed by atoms with E-state index in [9.17, 15) is 10.1 Å². The molecule has 0 N–H and O–H groups in total. The number of hydrogen-bond acceptors (Lipinski definition) is 3. The van der Waals surface area contributed by atoms with Crippen molar-refractivity contribution in [1.29, 1.82) is 0 Å². The van der Waals surface area contributed by atoms with E-state index in [0.717, 1.165) is 6.42 Å². The van der Waals surface area contributed by atoms with Gasteiger partial charge in [0, 0.05) is 6.92 Å². The van der Waals surface area contributed by atoms with Crippen molar-refractivity contribution in [1.82, 2.24) is 0 Å². The number of nitro groups is 1. The van der Waals surface area contributed by atoms with Crippen LogP contribution in [0.4, 0.5) is 0 Å². The summed E-state index contributed by atoms with van der Waals surface area (Å²) in [7, 11) is 0. The summed E-state index contributed by atoms with van der Waals surface area (Å²) < 4.78 is 4.98. The molecule has 11 heavy (non-hydrogen) atoms. The minimum atomic E-state index is -1.08. The van der Waals surface area contributed by atoms with Crippen molar-refractivity contribution >= 4 is 0 Å². The Morgan fingerprint density at radius 3 is 2.55 bits per heavy atom. The summed E-state index contributed by atoms with van der Waals surface area (Å²) in [6.07, 6.45) is 0.606. The third-order valence-electron chi connectivity index (χ3n) is 1.97. The molecule has 1 rings (SSSR count). The number of rotatable bonds is 3. The highest BCUT2D eigenvalue weighted by atomic mass is 16.7. The standard InChI is InChI=1S/C7H13NO3/c1-5(2)4-6-7(3,11-6)8(9)10/h5-6H,4H2,1-3H3/t6-,7+/m0/s1. The fraction of sp³-hybridized carbons (Fsp3) is 1.00. The molecular weight excluding hydrogens is 146 g/mol. The van der Waals surface area contributed by atoms with Crippen molar-refractivity contribution in [2.24, 2.45) is 5.92 Å². The fourth-order valence-electron chi connectivity index (χ4n) is 1.11. The van der Waals surface area contributed by atoms with Crippen LogP contribution in [0.15, 0.2) is 0 Å². The predicted molar refractivity (Wildman–Crippen MR) is 39.7 cm³/mol. The molecule has 0 radical (unpaired) electrons. The molecule has 64 valence electrons. The molecular formula is C7H13NO3. The largest absolute Gasteiger partial charge is 0.349 e. The average molecular weight is 159 g/mol. The Morgan fingerprint density at radius 1 is 1.73 bits per heavy atom. The van der Waals surface area contributed by atoms with Crippen LogP contribution < -0.4 is 0 Å². The first-order valence-corrected chi connectivity index (χ1v) is 3.79. The summed E-state index contributed by atoms with van der Waals surface area (Å²) in [5.74, 6) is 0.460. The number of epoxide rings is 1. The Morgan fingerprint density at radius 2 is 2.27 bits per heavy atom. The van der Waals surface area contributed by atoms with Gasteiger partial charge < -0.3 is 0 Å². The van der Waals surface area contributed by atoms with Gasteiger partial charge in [-0.05, 0) is 12.3 Å². The van der Waals surface area contributed by atoms with Gasteiger partial charge >= 0.3 is 5.72 Å². The van der Waals surface area contributed by atoms with Crippen LogP contribution >= 0.6 is 0 Å². The maximum Gasteiger partial charge on any atom is 0.349 e. The van der Waals surface area contributed by atoms with Gasteiger partial charge in [0.2, 0.25) is 0 Å². The third kappa shape index (κ3) is 1.50. The molecule has 0 bridgehead atoms. The maximum atomic E-state index is 10.4. The highest BCUT2D eigenvalue weighted by molar-refractivity contribution is 4.89. The van der Waals surface area contributed by atoms with Crippen LogP contribution in [0.3, 0.4) is 0 Å². The molecule has 1 aliphatic heterocycles. The van der Waals surface area contributed by atoms with E-state index in [1.165, 1.54) is 6.92 Å². The fourth-order valence-corrected chi connectivity index (χ4v) is 1.11. The molecule has 0 spiro atoms. The van der Waals surface area contributed by atoms with Gasteiger partial charge in [-0.25, -0.2) is 0 Å². The zero-order valence-electron chi connectivity index (χ0n) is 7.03. The van der Waals surface area contributed by atoms with E-state index >= 15 is 0 Å². The van der Waals surface area contributed by atoms with E-state index in [0.29, 0.717) is 5.92 Å². The minimum absolute atomic E-state index is 0.169. The Hall–Kier alpha value is -0.640. The summed E-state index contributed by atoms with van der Waals surface area (Å²) in [6, 6.07) is 0. The van der Waals surface area contributed by atoms with Crippen LogP contribution in [0.5, 0.6) is 0 Å². The summed E-state index contributed by atoms with van der Waals surface area (Å²) >= 11 is 0. The smallest absolute Gasteiger partial charge is 0.299 e. The van der Waals surface area contributed by atoms with Crippen LogP contribution in [0.2, 0.25) is 0 Å². The van der Waals surface area contributed by atoms with Crippen molar-refractivity contribution < 1.29 is 9.66 Å². The summed E-state index contributed by atoms with van der Waals surface area (Å²) in [5, 5.41) is 10.4. The summed E-state index contributed by atoms with van der Waals surface area (Å²) in [5.41, 5.74) is -1.08. The first-order valence-electron chi connectivity index (χ1n) is 3.79. The molecule has 0 aromatic rings. The van der Waals surface area contributed by atoms with Gasteiger partial charge in [0.05, 0.1) is 4.92 Å². The van der Waals surface area contributed by atoms with Crippen LogP contribution in [-0.2, 0) is 4.74 Å². The molecule has 0 aromatic carbocycles. The Balaban J connectivity index is 2.41. The summed E-state index contributed by atoms with van der Waals surface area (Å²) in [4.78, 5) is 10.0. The molecule has 1 aliphatic rings. The lowest BCUT2D eigenvalue weighted by Gasteiger charge is -1.99. The van der Waals surface area contributed by atoms with Crippen molar-refractivity contribution in [3.63, 3.8) is 0 Å². The second kappa shape index (κ2) is 2.44. The van der Waals surface area contributed by atoms with E-state index in [1.54, 1.807) is 0 Å². The maximum absolute atomic E-state index is 10.4. The molecule has 4 nitrogen and oxygen atoms in total. The highest BCUT2D eigenvalue weighted by Crippen LogP contribution is 2.40. The molecule has 1 saturated heterocycles. The second-order valence-corrected chi connectivity index (χ2v) is 3.55. The quantitative estimate of drug-likeness (QED) is 0.355. The van der Waals surface area contributed by atoms with Crippen molar-refractivity contribution in [3.05, 3.63) is 10.1 Å². The monoisotopic (exact) mass is 159 g/mol. The lowest BCUT2D eigenvalue weighted by atomic mass is 10.1. The predicted octanol–water partition coefficient (Wildman–Crippen LogP) is 1.42. The topological polar surface area (TPSA) is 55.7 Å². The lowest BCUT2D eigenvalue weighted by Crippen LogP contribution is -2.22. The zero-order chi connectivity index (χ0) is 8.65. The normalized spacial score (nSPS) is 35.8. The molecule has 0 unspecified atom stereocenters. The van der Waals surface area contributed by atoms with Gasteiger partial charge in [-0.2, -0.15) is 0 Å². The van der Waals surface area contributed by atoms with Crippen LogP contribution in [0.25, 0.3) is 0 Å². The molecule has 0 saturated carbocycles. The lowest BCUT2D eigenvalue weighted by molar-refractivity contribution is -0.558. The highest BCUT2D eigenvalue weighted by Gasteiger charge is 2.64. The molecule has 1 heterocycles. The first-order chi connectivity index (χ1) is 4.97. The van der Waals surface area contributed by atoms with Crippen molar-refractivity contribution in [2.75, 3.05) is 0 Å². The van der Waals surface area contributed by atoms with Crippen LogP contribution in [0.1, 0.15) is 27.2 Å². The Bertz CT molecular complexity index is 181. The molecule has 1 fully saturated rings. The van der Waals surface area contributed by atoms with E-state index in [-0.39, 0.29) is 11.0 Å². The van der Waals surface area contributed by atoms with Gasteiger partial charge in [0.25, 0.3) is 0 Å². The molecule has 0 amide bonds. The van der Waals surface area contributed by atoms with Gasteiger partial charge in [-0.1, -0.05) is 13.8 Å². The van der Waals surface area contributed by atoms with E-state index in [2.05, 4.69) is 0 Å². The van der Waals surface area contributed by atoms with E-state index in [4.69, 9.17) is 4.74 Å². The molecule has 2 atom stereocenters. The van der Waals surface area contributed by atoms with Crippen LogP contribution in [0, 0.1) is 16.0 Å². The van der Waals surface area contributed by atoms with E-state index in [1.807, 2.05) is 13.8 Å². The number of ether oxygens (including phenoxy) is 1. The van der Waals surface area contributed by atoms with Crippen LogP contribution in [-0.4, -0.2) is 16.8 Å². The summed E-state index contributed by atoms with van der Waals surface area (Å²) in [6.45, 7) is 5.59. The van der Waals surface area contributed by atoms with Gasteiger partial charge in [-0.3, -0.25) is 14.9 Å². The SMILES string of the molecule is CC(C)C[C@@H]1O[C@@]1(C)[N+](=O)[O-]. The minimum Gasteiger partial charge on any atom is -0.299 e. The molecule has 4 heteroatoms. The van der Waals surface area contributed by atoms with Crippen molar-refractivity contribution in [3.8, 4) is 0 Å². The third-order valence-corrected chi connectivity index (χ3v) is 1.97. The van der Waals surface area contributed by atoms with Gasteiger partial charge in [-0.15, -0.1) is 0 Å². The molecule has 0 aromatic heterocycles. The zero-order valence-corrected chi connectivity index (χ0v) is 7.03. The van der Waals surface area contributed by atoms with Gasteiger partial charge in [0.15, 0.2) is 6.10 Å². The number of hydrogen-bond donors (Lipinski definition) is 0. The number of nitrogens with zero attached hydrogens (tertiary/aromatic N) is 1. The average Bonchev–Trinajstić information content (AvgIpc) is 2.42. The Kier molecular flexibility index (Phi) is 1.88. The van der Waals surface area contributed by atoms with Crippen molar-refractivity contribution in [2.45, 2.75) is 39.0 Å². The second-order valence-electron chi connectivity index (χ2n) is 3.55. The van der Waals surface area contributed by atoms with E-state index < -0.39 is 5.72 Å². The van der Waals surface area contributed by atoms with Gasteiger partial charge in [0.1, 0.15) is 0 Å².